The molecule has 2 atom stereocenters. The van der Waals surface area contributed by atoms with Crippen molar-refractivity contribution in [1.29, 1.82) is 0 Å². The van der Waals surface area contributed by atoms with Gasteiger partial charge in [-0.15, -0.1) is 0 Å². The molecule has 0 N–H and O–H groups in total. The van der Waals surface area contributed by atoms with E-state index in [2.05, 4.69) is 33.6 Å². The fourth-order valence-corrected chi connectivity index (χ4v) is 5.36. The number of allylic oxidation sites excluding steroid dienone is 1. The van der Waals surface area contributed by atoms with Crippen LogP contribution >= 0.6 is 11.3 Å². The Morgan fingerprint density at radius 1 is 1.18 bits per heavy atom. The Kier molecular flexibility index (Phi) is 3.61. The van der Waals surface area contributed by atoms with Gasteiger partial charge in [0.05, 0.1) is 5.92 Å². The Morgan fingerprint density at radius 3 is 2.86 bits per heavy atom. The Balaban J connectivity index is 1.84. The van der Waals surface area contributed by atoms with E-state index in [1.807, 2.05) is 6.08 Å². The highest BCUT2D eigenvalue weighted by Gasteiger charge is 2.53. The van der Waals surface area contributed by atoms with Gasteiger partial charge in [-0.05, 0) is 37.1 Å². The molecule has 2 fully saturated rings. The van der Waals surface area contributed by atoms with Crippen molar-refractivity contribution in [2.45, 2.75) is 44.7 Å². The molecule has 3 nitrogen and oxygen atoms in total. The molecule has 1 aromatic rings. The molecule has 0 aromatic carbocycles. The second-order valence-electron chi connectivity index (χ2n) is 6.85. The summed E-state index contributed by atoms with van der Waals surface area (Å²) in [6.45, 7) is 5.52. The van der Waals surface area contributed by atoms with Gasteiger partial charge in [0.25, 0.3) is 0 Å². The lowest BCUT2D eigenvalue weighted by molar-refractivity contribution is -0.140. The molecule has 1 spiro atoms. The lowest BCUT2D eigenvalue weighted by Gasteiger charge is -2.59. The zero-order valence-electron chi connectivity index (χ0n) is 13.3. The third-order valence-electron chi connectivity index (χ3n) is 5.80. The van der Waals surface area contributed by atoms with Crippen molar-refractivity contribution in [3.8, 4) is 0 Å². The molecule has 4 heteroatoms. The number of ketones is 1. The van der Waals surface area contributed by atoms with E-state index in [1.165, 1.54) is 31.2 Å². The summed E-state index contributed by atoms with van der Waals surface area (Å²) in [7, 11) is 0. The highest BCUT2D eigenvalue weighted by atomic mass is 32.1. The van der Waals surface area contributed by atoms with Crippen LogP contribution in [-0.2, 0) is 4.79 Å². The molecule has 4 heterocycles. The monoisotopic (exact) mass is 316 g/mol. The molecule has 0 saturated carbocycles. The molecule has 0 bridgehead atoms. The van der Waals surface area contributed by atoms with Gasteiger partial charge < -0.3 is 4.90 Å². The van der Waals surface area contributed by atoms with E-state index in [0.717, 1.165) is 31.8 Å². The van der Waals surface area contributed by atoms with Crippen LogP contribution in [0, 0.1) is 5.92 Å². The lowest BCUT2D eigenvalue weighted by Crippen LogP contribution is -2.69. The van der Waals surface area contributed by atoms with Gasteiger partial charge >= 0.3 is 0 Å². The quantitative estimate of drug-likeness (QED) is 0.791. The third kappa shape index (κ3) is 2.00. The van der Waals surface area contributed by atoms with E-state index in [4.69, 9.17) is 0 Å². The number of carbonyl (C=O) groups is 1. The fraction of sp³-hybridized carbons (Fsp3) is 0.611. The van der Waals surface area contributed by atoms with Crippen molar-refractivity contribution in [3.63, 3.8) is 0 Å². The summed E-state index contributed by atoms with van der Waals surface area (Å²) in [5, 5.41) is 4.29. The van der Waals surface area contributed by atoms with Crippen molar-refractivity contribution in [1.82, 2.24) is 9.80 Å². The Labute approximate surface area is 136 Å². The highest BCUT2D eigenvalue weighted by molar-refractivity contribution is 7.08. The van der Waals surface area contributed by atoms with Gasteiger partial charge in [0.1, 0.15) is 5.66 Å². The van der Waals surface area contributed by atoms with E-state index in [-0.39, 0.29) is 11.6 Å². The van der Waals surface area contributed by atoms with Gasteiger partial charge in [-0.2, -0.15) is 11.3 Å². The van der Waals surface area contributed by atoms with Gasteiger partial charge in [-0.1, -0.05) is 13.3 Å². The smallest absolute Gasteiger partial charge is 0.164 e. The molecule has 0 amide bonds. The first kappa shape index (κ1) is 14.5. The van der Waals surface area contributed by atoms with Crippen LogP contribution in [0.5, 0.6) is 0 Å². The molecule has 118 valence electrons. The highest BCUT2D eigenvalue weighted by Crippen LogP contribution is 2.47. The van der Waals surface area contributed by atoms with Crippen LogP contribution in [-0.4, -0.2) is 40.9 Å². The summed E-state index contributed by atoms with van der Waals surface area (Å²) in [6.07, 6.45) is 8.04. The maximum Gasteiger partial charge on any atom is 0.164 e. The average Bonchev–Trinajstić information content (AvgIpc) is 2.96. The molecular weight excluding hydrogens is 292 g/mol. The number of carbonyl (C=O) groups excluding carboxylic acids is 1. The summed E-state index contributed by atoms with van der Waals surface area (Å²) >= 11 is 1.71. The lowest BCUT2D eigenvalue weighted by atomic mass is 9.78. The first-order valence-corrected chi connectivity index (χ1v) is 9.48. The zero-order valence-corrected chi connectivity index (χ0v) is 14.1. The molecule has 1 aromatic heterocycles. The van der Waals surface area contributed by atoms with Crippen LogP contribution in [0.25, 0.3) is 5.70 Å². The summed E-state index contributed by atoms with van der Waals surface area (Å²) < 4.78 is 0. The van der Waals surface area contributed by atoms with Crippen molar-refractivity contribution < 1.29 is 4.79 Å². The summed E-state index contributed by atoms with van der Waals surface area (Å²) in [6, 6.07) is 2.16. The first-order valence-electron chi connectivity index (χ1n) is 8.54. The van der Waals surface area contributed by atoms with Gasteiger partial charge in [0.2, 0.25) is 0 Å². The van der Waals surface area contributed by atoms with E-state index < -0.39 is 0 Å². The van der Waals surface area contributed by atoms with E-state index in [9.17, 15) is 4.79 Å². The van der Waals surface area contributed by atoms with Crippen LogP contribution in [0.3, 0.4) is 0 Å². The molecule has 3 aliphatic heterocycles. The first-order chi connectivity index (χ1) is 10.7. The topological polar surface area (TPSA) is 23.6 Å². The Bertz CT molecular complexity index is 594. The van der Waals surface area contributed by atoms with Crippen molar-refractivity contribution in [3.05, 3.63) is 28.5 Å². The van der Waals surface area contributed by atoms with Gasteiger partial charge in [-0.25, -0.2) is 0 Å². The minimum Gasteiger partial charge on any atom is -0.352 e. The second kappa shape index (κ2) is 5.50. The van der Waals surface area contributed by atoms with Crippen molar-refractivity contribution in [2.75, 3.05) is 19.6 Å². The number of rotatable bonds is 1. The van der Waals surface area contributed by atoms with Gasteiger partial charge in [0.15, 0.2) is 5.78 Å². The predicted molar refractivity (Wildman–Crippen MR) is 90.6 cm³/mol. The SMILES string of the molecule is C[C@@H]1C(=O)C=C(c2ccsc2)N2CCCN3CCCCCC132. The number of hydrogen-bond donors (Lipinski definition) is 0. The van der Waals surface area contributed by atoms with Crippen LogP contribution in [0.15, 0.2) is 22.9 Å². The number of hydrogen-bond acceptors (Lipinski definition) is 4. The normalized spacial score (nSPS) is 33.0. The molecule has 4 rings (SSSR count). The molecule has 2 saturated heterocycles. The Morgan fingerprint density at radius 2 is 2.05 bits per heavy atom. The summed E-state index contributed by atoms with van der Waals surface area (Å²) in [5.74, 6) is 0.388. The fourth-order valence-electron chi connectivity index (χ4n) is 4.71. The van der Waals surface area contributed by atoms with Crippen LogP contribution in [0.2, 0.25) is 0 Å². The predicted octanol–water partition coefficient (Wildman–Crippen LogP) is 3.59. The molecule has 3 aliphatic rings. The minimum absolute atomic E-state index is 0.0716. The van der Waals surface area contributed by atoms with Gasteiger partial charge in [0, 0.05) is 42.4 Å². The summed E-state index contributed by atoms with van der Waals surface area (Å²) in [4.78, 5) is 18.0. The van der Waals surface area contributed by atoms with Crippen molar-refractivity contribution in [2.24, 2.45) is 5.92 Å². The van der Waals surface area contributed by atoms with E-state index in [1.54, 1.807) is 11.3 Å². The maximum atomic E-state index is 12.8. The molecule has 1 unspecified atom stereocenters. The third-order valence-corrected chi connectivity index (χ3v) is 6.49. The van der Waals surface area contributed by atoms with Crippen LogP contribution < -0.4 is 0 Å². The van der Waals surface area contributed by atoms with Gasteiger partial charge in [-0.3, -0.25) is 9.69 Å². The standard InChI is InChI=1S/C18H24N2OS/c1-14-17(21)12-16(15-6-11-22-13-15)20-10-5-9-19-8-4-2-3-7-18(14,19)20/h6,11-14H,2-5,7-10H2,1H3/t14-,18?/m1/s1. The molecule has 0 aliphatic carbocycles. The molecule has 22 heavy (non-hydrogen) atoms. The second-order valence-corrected chi connectivity index (χ2v) is 7.63. The summed E-state index contributed by atoms with van der Waals surface area (Å²) in [5.41, 5.74) is 2.31. The zero-order chi connectivity index (χ0) is 15.2. The largest absolute Gasteiger partial charge is 0.352 e. The van der Waals surface area contributed by atoms with E-state index in [0.29, 0.717) is 5.78 Å². The minimum atomic E-state index is -0.0716. The molecular formula is C18H24N2OS. The van der Waals surface area contributed by atoms with Crippen LogP contribution in [0.1, 0.15) is 44.6 Å². The van der Waals surface area contributed by atoms with E-state index >= 15 is 0 Å². The molecule has 0 radical (unpaired) electrons. The maximum absolute atomic E-state index is 12.8. The van der Waals surface area contributed by atoms with Crippen LogP contribution in [0.4, 0.5) is 0 Å². The van der Waals surface area contributed by atoms with Crippen molar-refractivity contribution >= 4 is 22.8 Å². The number of nitrogens with zero attached hydrogens (tertiary/aromatic N) is 2. The number of thiophene rings is 1. The average molecular weight is 316 g/mol. The Hall–Kier alpha value is -1.13.